The molecule has 1 saturated carbocycles. The third-order valence-electron chi connectivity index (χ3n) is 3.90. The van der Waals surface area contributed by atoms with Gasteiger partial charge in [0.05, 0.1) is 10.8 Å². The number of alkyl halides is 3. The standard InChI is InChI=1S/C13H14ClF3N2O4S/c14-8-5-6-12(11(7-8)19(20)21)24(22,23)18-10-4-2-1-3-9(10)13(15,16)17/h5-7,9-10,18H,1-4H2. The molecule has 0 amide bonds. The van der Waals surface area contributed by atoms with E-state index in [0.717, 1.165) is 18.2 Å². The number of nitro benzene ring substituents is 1. The summed E-state index contributed by atoms with van der Waals surface area (Å²) in [5.41, 5.74) is -0.783. The first-order chi connectivity index (χ1) is 11.0. The van der Waals surface area contributed by atoms with E-state index in [0.29, 0.717) is 12.8 Å². The van der Waals surface area contributed by atoms with Gasteiger partial charge in [-0.3, -0.25) is 10.1 Å². The molecule has 0 bridgehead atoms. The third kappa shape index (κ3) is 4.17. The normalized spacial score (nSPS) is 22.3. The lowest BCUT2D eigenvalue weighted by atomic mass is 9.85. The minimum atomic E-state index is -4.54. The van der Waals surface area contributed by atoms with E-state index in [-0.39, 0.29) is 17.9 Å². The van der Waals surface area contributed by atoms with Gasteiger partial charge in [-0.05, 0) is 25.0 Å². The molecule has 1 aliphatic rings. The van der Waals surface area contributed by atoms with E-state index in [2.05, 4.69) is 0 Å². The Bertz CT molecular complexity index is 739. The largest absolute Gasteiger partial charge is 0.393 e. The van der Waals surface area contributed by atoms with Crippen molar-refractivity contribution in [1.29, 1.82) is 0 Å². The molecule has 1 aromatic carbocycles. The van der Waals surface area contributed by atoms with E-state index in [1.807, 2.05) is 4.72 Å². The Morgan fingerprint density at radius 2 is 1.88 bits per heavy atom. The van der Waals surface area contributed by atoms with Gasteiger partial charge in [-0.15, -0.1) is 0 Å². The lowest BCUT2D eigenvalue weighted by Crippen LogP contribution is -2.47. The molecule has 1 aliphatic carbocycles. The SMILES string of the molecule is O=[N+]([O-])c1cc(Cl)ccc1S(=O)(=O)NC1CCCCC1C(F)(F)F. The van der Waals surface area contributed by atoms with Crippen LogP contribution in [0.1, 0.15) is 25.7 Å². The van der Waals surface area contributed by atoms with E-state index in [4.69, 9.17) is 11.6 Å². The molecule has 2 unspecified atom stereocenters. The van der Waals surface area contributed by atoms with Crippen LogP contribution < -0.4 is 4.72 Å². The predicted molar refractivity (Wildman–Crippen MR) is 80.2 cm³/mol. The number of hydrogen-bond acceptors (Lipinski definition) is 4. The number of benzene rings is 1. The molecule has 11 heteroatoms. The number of sulfonamides is 1. The molecule has 2 atom stereocenters. The van der Waals surface area contributed by atoms with Crippen molar-refractivity contribution in [2.24, 2.45) is 5.92 Å². The zero-order chi connectivity index (χ0) is 18.1. The summed E-state index contributed by atoms with van der Waals surface area (Å²) in [4.78, 5) is 9.36. The zero-order valence-corrected chi connectivity index (χ0v) is 13.8. The van der Waals surface area contributed by atoms with Crippen molar-refractivity contribution in [3.63, 3.8) is 0 Å². The van der Waals surface area contributed by atoms with Crippen LogP contribution in [0.2, 0.25) is 5.02 Å². The molecule has 6 nitrogen and oxygen atoms in total. The fraction of sp³-hybridized carbons (Fsp3) is 0.538. The van der Waals surface area contributed by atoms with Crippen LogP contribution in [0.4, 0.5) is 18.9 Å². The fourth-order valence-electron chi connectivity index (χ4n) is 2.79. The van der Waals surface area contributed by atoms with Gasteiger partial charge in [0.25, 0.3) is 5.69 Å². The van der Waals surface area contributed by atoms with Crippen molar-refractivity contribution < 1.29 is 26.5 Å². The average Bonchev–Trinajstić information content (AvgIpc) is 2.45. The van der Waals surface area contributed by atoms with Crippen LogP contribution in [0, 0.1) is 16.0 Å². The number of nitro groups is 1. The van der Waals surface area contributed by atoms with Crippen LogP contribution in [-0.4, -0.2) is 25.6 Å². The maximum Gasteiger partial charge on any atom is 0.393 e. The van der Waals surface area contributed by atoms with Gasteiger partial charge in [0.1, 0.15) is 0 Å². The highest BCUT2D eigenvalue weighted by Crippen LogP contribution is 2.38. The van der Waals surface area contributed by atoms with E-state index < -0.39 is 43.7 Å². The van der Waals surface area contributed by atoms with Crippen molar-refractivity contribution >= 4 is 27.3 Å². The summed E-state index contributed by atoms with van der Waals surface area (Å²) in [5.74, 6) is -1.81. The summed E-state index contributed by atoms with van der Waals surface area (Å²) in [6.45, 7) is 0. The molecule has 0 saturated heterocycles. The molecule has 0 aliphatic heterocycles. The highest BCUT2D eigenvalue weighted by Gasteiger charge is 2.47. The van der Waals surface area contributed by atoms with Gasteiger partial charge < -0.3 is 0 Å². The quantitative estimate of drug-likeness (QED) is 0.631. The lowest BCUT2D eigenvalue weighted by molar-refractivity contribution is -0.387. The summed E-state index contributed by atoms with van der Waals surface area (Å²) in [6, 6.07) is 1.54. The minimum absolute atomic E-state index is 0.0186. The molecule has 134 valence electrons. The van der Waals surface area contributed by atoms with Gasteiger partial charge >= 0.3 is 6.18 Å². The van der Waals surface area contributed by atoms with Crippen LogP contribution >= 0.6 is 11.6 Å². The molecule has 0 aromatic heterocycles. The summed E-state index contributed by atoms with van der Waals surface area (Å²) < 4.78 is 66.0. The maximum atomic E-state index is 13.1. The Hall–Kier alpha value is -1.39. The molecule has 0 spiro atoms. The Balaban J connectivity index is 2.36. The van der Waals surface area contributed by atoms with Crippen LogP contribution in [0.15, 0.2) is 23.1 Å². The second-order valence-corrected chi connectivity index (χ2v) is 7.65. The summed E-state index contributed by atoms with van der Waals surface area (Å²) >= 11 is 5.62. The van der Waals surface area contributed by atoms with Crippen LogP contribution in [0.25, 0.3) is 0 Å². The van der Waals surface area contributed by atoms with Gasteiger partial charge in [0.2, 0.25) is 10.0 Å². The Morgan fingerprint density at radius 1 is 1.25 bits per heavy atom. The number of rotatable bonds is 4. The second-order valence-electron chi connectivity index (χ2n) is 5.53. The second kappa shape index (κ2) is 6.85. The molecule has 24 heavy (non-hydrogen) atoms. The number of nitrogens with zero attached hydrogens (tertiary/aromatic N) is 1. The van der Waals surface area contributed by atoms with E-state index >= 15 is 0 Å². The third-order valence-corrected chi connectivity index (χ3v) is 5.67. The topological polar surface area (TPSA) is 89.3 Å². The number of hydrogen-bond donors (Lipinski definition) is 1. The van der Waals surface area contributed by atoms with E-state index in [1.54, 1.807) is 0 Å². The highest BCUT2D eigenvalue weighted by atomic mass is 35.5. The molecule has 1 aromatic rings. The van der Waals surface area contributed by atoms with Gasteiger partial charge in [0.15, 0.2) is 4.90 Å². The average molecular weight is 387 g/mol. The van der Waals surface area contributed by atoms with Gasteiger partial charge in [0, 0.05) is 17.1 Å². The Kier molecular flexibility index (Phi) is 5.41. The minimum Gasteiger partial charge on any atom is -0.258 e. The molecule has 2 rings (SSSR count). The molecule has 0 heterocycles. The van der Waals surface area contributed by atoms with Gasteiger partial charge in [-0.25, -0.2) is 13.1 Å². The highest BCUT2D eigenvalue weighted by molar-refractivity contribution is 7.89. The van der Waals surface area contributed by atoms with Crippen molar-refractivity contribution in [3.05, 3.63) is 33.3 Å². The molecule has 1 N–H and O–H groups in total. The summed E-state index contributed by atoms with van der Waals surface area (Å²) in [7, 11) is -4.50. The molecule has 0 radical (unpaired) electrons. The molecule has 1 fully saturated rings. The smallest absolute Gasteiger partial charge is 0.258 e. The molecular formula is C13H14ClF3N2O4S. The first-order valence-corrected chi connectivity index (χ1v) is 8.91. The van der Waals surface area contributed by atoms with Gasteiger partial charge in [-0.2, -0.15) is 13.2 Å². The van der Waals surface area contributed by atoms with Crippen molar-refractivity contribution in [3.8, 4) is 0 Å². The fourth-order valence-corrected chi connectivity index (χ4v) is 4.42. The van der Waals surface area contributed by atoms with Crippen molar-refractivity contribution in [2.45, 2.75) is 42.8 Å². The lowest BCUT2D eigenvalue weighted by Gasteiger charge is -2.33. The Morgan fingerprint density at radius 3 is 2.46 bits per heavy atom. The van der Waals surface area contributed by atoms with Crippen LogP contribution in [-0.2, 0) is 10.0 Å². The van der Waals surface area contributed by atoms with Crippen molar-refractivity contribution in [1.82, 2.24) is 4.72 Å². The van der Waals surface area contributed by atoms with E-state index in [1.165, 1.54) is 0 Å². The number of halogens is 4. The predicted octanol–water partition coefficient (Wildman–Crippen LogP) is 3.65. The summed E-state index contributed by atoms with van der Waals surface area (Å²) in [5, 5.41) is 11.0. The molecular weight excluding hydrogens is 373 g/mol. The van der Waals surface area contributed by atoms with E-state index in [9.17, 15) is 31.7 Å². The van der Waals surface area contributed by atoms with Crippen molar-refractivity contribution in [2.75, 3.05) is 0 Å². The monoisotopic (exact) mass is 386 g/mol. The van der Waals surface area contributed by atoms with Crippen LogP contribution in [0.3, 0.4) is 0 Å². The summed E-state index contributed by atoms with van der Waals surface area (Å²) in [6.07, 6.45) is -3.91. The Labute approximate surface area is 141 Å². The number of nitrogens with one attached hydrogen (secondary N) is 1. The first kappa shape index (κ1) is 18.9. The zero-order valence-electron chi connectivity index (χ0n) is 12.2. The maximum absolute atomic E-state index is 13.1. The first-order valence-electron chi connectivity index (χ1n) is 7.05. The van der Waals surface area contributed by atoms with Crippen LogP contribution in [0.5, 0.6) is 0 Å². The van der Waals surface area contributed by atoms with Gasteiger partial charge in [-0.1, -0.05) is 24.4 Å².